The highest BCUT2D eigenvalue weighted by molar-refractivity contribution is 9.10. The van der Waals surface area contributed by atoms with Gasteiger partial charge in [-0.05, 0) is 28.1 Å². The van der Waals surface area contributed by atoms with E-state index in [0.717, 1.165) is 28.7 Å². The van der Waals surface area contributed by atoms with Crippen LogP contribution in [0.15, 0.2) is 28.7 Å². The third kappa shape index (κ3) is 4.94. The molecule has 4 N–H and O–H groups in total. The summed E-state index contributed by atoms with van der Waals surface area (Å²) in [5, 5.41) is 22.9. The largest absolute Gasteiger partial charge is 0.490 e. The van der Waals surface area contributed by atoms with E-state index >= 15 is 0 Å². The lowest BCUT2D eigenvalue weighted by Crippen LogP contribution is -2.36. The number of hydrogen-bond acceptors (Lipinski definition) is 5. The Morgan fingerprint density at radius 2 is 2.24 bits per heavy atom. The van der Waals surface area contributed by atoms with E-state index in [4.69, 9.17) is 4.74 Å². The molecule has 1 amide bonds. The van der Waals surface area contributed by atoms with Crippen molar-refractivity contribution in [3.63, 3.8) is 0 Å². The summed E-state index contributed by atoms with van der Waals surface area (Å²) in [7, 11) is 0. The number of H-pyrrole nitrogens is 1. The number of nitrogens with zero attached hydrogens (tertiary/aromatic N) is 1. The number of amides is 1. The number of carbonyl (C=O) groups is 1. The first-order valence-corrected chi connectivity index (χ1v) is 8.55. The number of ether oxygens (including phenoxy) is 1. The first-order valence-electron chi connectivity index (χ1n) is 7.75. The second-order valence-electron chi connectivity index (χ2n) is 5.56. The molecular weight excluding hydrogens is 412 g/mol. The van der Waals surface area contributed by atoms with E-state index in [-0.39, 0.29) is 31.5 Å². The van der Waals surface area contributed by atoms with Gasteiger partial charge in [-0.25, -0.2) is 0 Å². The van der Waals surface area contributed by atoms with Gasteiger partial charge in [0.2, 0.25) is 0 Å². The Morgan fingerprint density at radius 3 is 3.04 bits per heavy atom. The number of nitrogens with one attached hydrogen (secondary N) is 3. The number of aromatic nitrogens is 2. The Kier molecular flexibility index (Phi) is 7.24. The van der Waals surface area contributed by atoms with Crippen LogP contribution in [0.1, 0.15) is 21.7 Å². The van der Waals surface area contributed by atoms with E-state index in [2.05, 4.69) is 36.8 Å². The van der Waals surface area contributed by atoms with Crippen molar-refractivity contribution in [2.45, 2.75) is 19.1 Å². The third-order valence-electron chi connectivity index (χ3n) is 3.79. The first kappa shape index (κ1) is 19.7. The van der Waals surface area contributed by atoms with E-state index in [9.17, 15) is 9.90 Å². The minimum atomic E-state index is -0.811. The number of halogens is 2. The van der Waals surface area contributed by atoms with Crippen molar-refractivity contribution in [2.75, 3.05) is 19.7 Å². The monoisotopic (exact) mass is 430 g/mol. The maximum absolute atomic E-state index is 12.2. The summed E-state index contributed by atoms with van der Waals surface area (Å²) in [5.74, 6) is 0.353. The van der Waals surface area contributed by atoms with Gasteiger partial charge in [-0.3, -0.25) is 9.89 Å². The number of aromatic amines is 1. The van der Waals surface area contributed by atoms with Crippen LogP contribution in [0.5, 0.6) is 5.75 Å². The van der Waals surface area contributed by atoms with Crippen molar-refractivity contribution in [1.82, 2.24) is 20.8 Å². The molecule has 136 valence electrons. The van der Waals surface area contributed by atoms with E-state index in [1.165, 1.54) is 0 Å². The molecule has 1 atom stereocenters. The molecule has 1 unspecified atom stereocenters. The normalized spacial score (nSPS) is 14.2. The molecule has 1 aromatic carbocycles. The minimum Gasteiger partial charge on any atom is -0.490 e. The number of hydrogen-bond donors (Lipinski definition) is 4. The molecule has 0 saturated carbocycles. The Labute approximate surface area is 160 Å². The van der Waals surface area contributed by atoms with Crippen LogP contribution < -0.4 is 15.4 Å². The minimum absolute atomic E-state index is 0. The molecule has 1 aromatic heterocycles. The second-order valence-corrected chi connectivity index (χ2v) is 6.42. The SMILES string of the molecule is Cl.O=C(NCC(O)COc1ccccc1Br)c1n[nH]c2c1CNCC2. The van der Waals surface area contributed by atoms with Gasteiger partial charge in [0.05, 0.1) is 4.47 Å². The Bertz CT molecular complexity index is 725. The summed E-state index contributed by atoms with van der Waals surface area (Å²) in [6.45, 7) is 1.69. The number of carbonyl (C=O) groups excluding carboxylic acids is 1. The predicted molar refractivity (Wildman–Crippen MR) is 99.2 cm³/mol. The quantitative estimate of drug-likeness (QED) is 0.554. The number of aliphatic hydroxyl groups excluding tert-OH is 1. The summed E-state index contributed by atoms with van der Waals surface area (Å²) in [6.07, 6.45) is 0.0202. The van der Waals surface area contributed by atoms with Crippen LogP contribution in [0.3, 0.4) is 0 Å². The molecule has 0 aliphatic carbocycles. The van der Waals surface area contributed by atoms with Gasteiger partial charge in [-0.2, -0.15) is 5.10 Å². The fourth-order valence-electron chi connectivity index (χ4n) is 2.51. The third-order valence-corrected chi connectivity index (χ3v) is 4.44. The molecule has 0 radical (unpaired) electrons. The van der Waals surface area contributed by atoms with Gasteiger partial charge in [-0.15, -0.1) is 12.4 Å². The molecule has 2 aromatic rings. The molecule has 25 heavy (non-hydrogen) atoms. The Morgan fingerprint density at radius 1 is 1.44 bits per heavy atom. The summed E-state index contributed by atoms with van der Waals surface area (Å²) < 4.78 is 6.35. The summed E-state index contributed by atoms with van der Waals surface area (Å²) >= 11 is 3.38. The van der Waals surface area contributed by atoms with Crippen LogP contribution in [-0.4, -0.2) is 47.0 Å². The average molecular weight is 432 g/mol. The molecule has 0 saturated heterocycles. The summed E-state index contributed by atoms with van der Waals surface area (Å²) in [5.41, 5.74) is 2.28. The molecule has 2 heterocycles. The van der Waals surface area contributed by atoms with E-state index in [1.54, 1.807) is 6.07 Å². The first-order chi connectivity index (χ1) is 11.6. The molecule has 7 nitrogen and oxygen atoms in total. The van der Waals surface area contributed by atoms with Crippen LogP contribution in [0.4, 0.5) is 0 Å². The van der Waals surface area contributed by atoms with E-state index in [1.807, 2.05) is 18.2 Å². The molecule has 1 aliphatic rings. The number of benzene rings is 1. The molecule has 3 rings (SSSR count). The fraction of sp³-hybridized carbons (Fsp3) is 0.375. The predicted octanol–water partition coefficient (Wildman–Crippen LogP) is 1.41. The van der Waals surface area contributed by atoms with Crippen molar-refractivity contribution in [2.24, 2.45) is 0 Å². The zero-order valence-electron chi connectivity index (χ0n) is 13.4. The van der Waals surface area contributed by atoms with Crippen molar-refractivity contribution in [1.29, 1.82) is 0 Å². The summed E-state index contributed by atoms with van der Waals surface area (Å²) in [4.78, 5) is 12.2. The van der Waals surface area contributed by atoms with Crippen LogP contribution in [0.25, 0.3) is 0 Å². The van der Waals surface area contributed by atoms with Crippen LogP contribution >= 0.6 is 28.3 Å². The molecular formula is C16H20BrClN4O3. The highest BCUT2D eigenvalue weighted by atomic mass is 79.9. The topological polar surface area (TPSA) is 99.3 Å². The Hall–Kier alpha value is -1.61. The smallest absolute Gasteiger partial charge is 0.272 e. The Balaban J connectivity index is 0.00000225. The van der Waals surface area contributed by atoms with Crippen LogP contribution in [-0.2, 0) is 13.0 Å². The van der Waals surface area contributed by atoms with Crippen LogP contribution in [0, 0.1) is 0 Å². The zero-order chi connectivity index (χ0) is 16.9. The maximum atomic E-state index is 12.2. The van der Waals surface area contributed by atoms with Gasteiger partial charge < -0.3 is 20.5 Å². The average Bonchev–Trinajstić information content (AvgIpc) is 3.03. The van der Waals surface area contributed by atoms with Gasteiger partial charge in [0.25, 0.3) is 5.91 Å². The maximum Gasteiger partial charge on any atom is 0.272 e. The standard InChI is InChI=1S/C16H19BrN4O3.ClH/c17-12-3-1-2-4-14(12)24-9-10(22)7-19-16(23)15-11-8-18-6-5-13(11)20-21-15;/h1-4,10,18,22H,5-9H2,(H,19,23)(H,20,21);1H. The van der Waals surface area contributed by atoms with E-state index in [0.29, 0.717) is 18.0 Å². The summed E-state index contributed by atoms with van der Waals surface area (Å²) in [6, 6.07) is 7.40. The van der Waals surface area contributed by atoms with Gasteiger partial charge in [0.1, 0.15) is 18.5 Å². The van der Waals surface area contributed by atoms with Gasteiger partial charge in [0, 0.05) is 37.3 Å². The fourth-order valence-corrected chi connectivity index (χ4v) is 2.91. The molecule has 0 fully saturated rings. The molecule has 9 heteroatoms. The molecule has 1 aliphatic heterocycles. The lowest BCUT2D eigenvalue weighted by Gasteiger charge is -2.15. The number of rotatable bonds is 6. The molecule has 0 spiro atoms. The van der Waals surface area contributed by atoms with Crippen LogP contribution in [0.2, 0.25) is 0 Å². The van der Waals surface area contributed by atoms with Gasteiger partial charge in [0.15, 0.2) is 5.69 Å². The van der Waals surface area contributed by atoms with Crippen molar-refractivity contribution in [3.05, 3.63) is 45.7 Å². The van der Waals surface area contributed by atoms with Gasteiger partial charge >= 0.3 is 0 Å². The van der Waals surface area contributed by atoms with Crippen molar-refractivity contribution < 1.29 is 14.6 Å². The lowest BCUT2D eigenvalue weighted by atomic mass is 10.1. The highest BCUT2D eigenvalue weighted by Crippen LogP contribution is 2.23. The number of aliphatic hydroxyl groups is 1. The van der Waals surface area contributed by atoms with Gasteiger partial charge in [-0.1, -0.05) is 12.1 Å². The number of para-hydroxylation sites is 1. The van der Waals surface area contributed by atoms with E-state index < -0.39 is 6.10 Å². The number of fused-ring (bicyclic) bond motifs is 1. The second kappa shape index (κ2) is 9.19. The lowest BCUT2D eigenvalue weighted by molar-refractivity contribution is 0.0838. The highest BCUT2D eigenvalue weighted by Gasteiger charge is 2.21. The van der Waals surface area contributed by atoms with Crippen molar-refractivity contribution >= 4 is 34.2 Å². The van der Waals surface area contributed by atoms with Crippen molar-refractivity contribution in [3.8, 4) is 5.75 Å². The molecule has 0 bridgehead atoms. The zero-order valence-corrected chi connectivity index (χ0v) is 15.8.